The Morgan fingerprint density at radius 2 is 2.06 bits per heavy atom. The molecule has 3 N–H and O–H groups in total. The maximum Gasteiger partial charge on any atom is 0.340 e. The van der Waals surface area contributed by atoms with E-state index in [0.717, 1.165) is 5.56 Å². The number of esters is 1. The first-order chi connectivity index (χ1) is 7.97. The topological polar surface area (TPSA) is 85.2 Å². The lowest BCUT2D eigenvalue weighted by molar-refractivity contribution is -0.113. The van der Waals surface area contributed by atoms with E-state index in [0.29, 0.717) is 23.6 Å². The van der Waals surface area contributed by atoms with Crippen LogP contribution in [0, 0.1) is 13.8 Å². The van der Waals surface area contributed by atoms with Gasteiger partial charge in [0.2, 0.25) is 5.91 Å². The van der Waals surface area contributed by atoms with E-state index >= 15 is 0 Å². The van der Waals surface area contributed by atoms with Gasteiger partial charge in [0.05, 0.1) is 12.2 Å². The standard InChI is InChI=1S/C12H16N2O3/c1-4-17-12(16)11-7(2)9(14-8(11)3)5-6-10(13)15/h5-6,14H,4H2,1-3H3,(H2,13,15)/b6-5+. The normalized spacial score (nSPS) is 10.8. The Hall–Kier alpha value is -2.04. The molecule has 0 unspecified atom stereocenters. The second-order valence-electron chi connectivity index (χ2n) is 3.62. The van der Waals surface area contributed by atoms with Crippen LogP contribution in [0.4, 0.5) is 0 Å². The zero-order valence-corrected chi connectivity index (χ0v) is 10.2. The van der Waals surface area contributed by atoms with E-state index in [9.17, 15) is 9.59 Å². The first kappa shape index (κ1) is 13.0. The third kappa shape index (κ3) is 2.96. The highest BCUT2D eigenvalue weighted by atomic mass is 16.5. The minimum atomic E-state index is -0.533. The van der Waals surface area contributed by atoms with Crippen LogP contribution < -0.4 is 5.73 Å². The molecule has 5 heteroatoms. The quantitative estimate of drug-likeness (QED) is 0.610. The molecule has 1 aromatic rings. The van der Waals surface area contributed by atoms with E-state index in [1.165, 1.54) is 6.08 Å². The highest BCUT2D eigenvalue weighted by Crippen LogP contribution is 2.19. The van der Waals surface area contributed by atoms with Gasteiger partial charge in [0.1, 0.15) is 0 Å². The maximum absolute atomic E-state index is 11.7. The van der Waals surface area contributed by atoms with Gasteiger partial charge in [0, 0.05) is 17.5 Å². The predicted octanol–water partition coefficient (Wildman–Crippen LogP) is 1.31. The number of carbonyl (C=O) groups is 2. The first-order valence-corrected chi connectivity index (χ1v) is 5.31. The number of H-pyrrole nitrogens is 1. The molecular weight excluding hydrogens is 220 g/mol. The van der Waals surface area contributed by atoms with E-state index < -0.39 is 5.91 Å². The molecule has 0 spiro atoms. The van der Waals surface area contributed by atoms with Gasteiger partial charge in [-0.15, -0.1) is 0 Å². The SMILES string of the molecule is CCOC(=O)c1c(C)[nH]c(/C=C/C(N)=O)c1C. The molecular formula is C12H16N2O3. The van der Waals surface area contributed by atoms with E-state index in [2.05, 4.69) is 4.98 Å². The lowest BCUT2D eigenvalue weighted by Gasteiger charge is -2.01. The highest BCUT2D eigenvalue weighted by molar-refractivity contribution is 5.95. The fourth-order valence-electron chi connectivity index (χ4n) is 1.62. The van der Waals surface area contributed by atoms with Crippen LogP contribution in [0.2, 0.25) is 0 Å². The van der Waals surface area contributed by atoms with Crippen LogP contribution in [0.25, 0.3) is 6.08 Å². The number of nitrogens with one attached hydrogen (secondary N) is 1. The highest BCUT2D eigenvalue weighted by Gasteiger charge is 2.17. The Morgan fingerprint density at radius 3 is 2.59 bits per heavy atom. The fraction of sp³-hybridized carbons (Fsp3) is 0.333. The average molecular weight is 236 g/mol. The molecule has 1 rings (SSSR count). The minimum absolute atomic E-state index is 0.329. The Bertz CT molecular complexity index is 472. The van der Waals surface area contributed by atoms with Crippen LogP contribution in [-0.4, -0.2) is 23.5 Å². The summed E-state index contributed by atoms with van der Waals surface area (Å²) in [5.74, 6) is -0.896. The van der Waals surface area contributed by atoms with E-state index in [1.807, 2.05) is 0 Å². The molecule has 0 fully saturated rings. The second-order valence-corrected chi connectivity index (χ2v) is 3.62. The average Bonchev–Trinajstić information content (AvgIpc) is 2.51. The van der Waals surface area contributed by atoms with Crippen molar-refractivity contribution in [3.8, 4) is 0 Å². The van der Waals surface area contributed by atoms with Gasteiger partial charge in [0.25, 0.3) is 0 Å². The molecule has 92 valence electrons. The predicted molar refractivity (Wildman–Crippen MR) is 64.5 cm³/mol. The fourth-order valence-corrected chi connectivity index (χ4v) is 1.62. The molecule has 0 atom stereocenters. The van der Waals surface area contributed by atoms with Crippen LogP contribution >= 0.6 is 0 Å². The molecule has 0 aliphatic heterocycles. The van der Waals surface area contributed by atoms with Gasteiger partial charge in [-0.3, -0.25) is 4.79 Å². The largest absolute Gasteiger partial charge is 0.462 e. The van der Waals surface area contributed by atoms with Crippen molar-refractivity contribution in [3.63, 3.8) is 0 Å². The van der Waals surface area contributed by atoms with Gasteiger partial charge < -0.3 is 15.5 Å². The van der Waals surface area contributed by atoms with Gasteiger partial charge in [0.15, 0.2) is 0 Å². The smallest absolute Gasteiger partial charge is 0.340 e. The number of hydrogen-bond acceptors (Lipinski definition) is 3. The molecule has 1 aromatic heterocycles. The lowest BCUT2D eigenvalue weighted by Crippen LogP contribution is -2.06. The monoisotopic (exact) mass is 236 g/mol. The van der Waals surface area contributed by atoms with E-state index in [-0.39, 0.29) is 5.97 Å². The Labute approximate surface area is 99.6 Å². The molecule has 0 saturated heterocycles. The summed E-state index contributed by atoms with van der Waals surface area (Å²) in [6, 6.07) is 0. The van der Waals surface area contributed by atoms with Crippen LogP contribution in [0.5, 0.6) is 0 Å². The first-order valence-electron chi connectivity index (χ1n) is 5.31. The molecule has 0 aliphatic carbocycles. The summed E-state index contributed by atoms with van der Waals surface area (Å²) in [5.41, 5.74) is 7.67. The number of amides is 1. The van der Waals surface area contributed by atoms with Gasteiger partial charge in [-0.25, -0.2) is 4.79 Å². The maximum atomic E-state index is 11.7. The third-order valence-corrected chi connectivity index (χ3v) is 2.37. The number of aromatic amines is 1. The summed E-state index contributed by atoms with van der Waals surface area (Å²) in [6.07, 6.45) is 2.79. The number of primary amides is 1. The van der Waals surface area contributed by atoms with Crippen LogP contribution in [0.3, 0.4) is 0 Å². The number of ether oxygens (including phenoxy) is 1. The van der Waals surface area contributed by atoms with Crippen molar-refractivity contribution in [1.29, 1.82) is 0 Å². The van der Waals surface area contributed by atoms with Crippen molar-refractivity contribution in [2.24, 2.45) is 5.73 Å². The zero-order valence-electron chi connectivity index (χ0n) is 10.2. The van der Waals surface area contributed by atoms with Crippen molar-refractivity contribution in [1.82, 2.24) is 4.98 Å². The van der Waals surface area contributed by atoms with Crippen LogP contribution in [0.15, 0.2) is 6.08 Å². The molecule has 0 bridgehead atoms. The Balaban J connectivity index is 3.10. The van der Waals surface area contributed by atoms with E-state index in [1.54, 1.807) is 26.8 Å². The number of aromatic nitrogens is 1. The molecule has 1 amide bonds. The summed E-state index contributed by atoms with van der Waals surface area (Å²) >= 11 is 0. The summed E-state index contributed by atoms with van der Waals surface area (Å²) in [4.78, 5) is 25.3. The van der Waals surface area contributed by atoms with Crippen molar-refractivity contribution >= 4 is 18.0 Å². The van der Waals surface area contributed by atoms with Gasteiger partial charge in [-0.1, -0.05) is 0 Å². The summed E-state index contributed by atoms with van der Waals surface area (Å²) < 4.78 is 4.95. The molecule has 0 aliphatic rings. The summed E-state index contributed by atoms with van der Waals surface area (Å²) in [5, 5.41) is 0. The van der Waals surface area contributed by atoms with Crippen LogP contribution in [-0.2, 0) is 9.53 Å². The van der Waals surface area contributed by atoms with Crippen molar-refractivity contribution in [2.75, 3.05) is 6.61 Å². The molecule has 1 heterocycles. The summed E-state index contributed by atoms with van der Waals surface area (Å²) in [7, 11) is 0. The van der Waals surface area contributed by atoms with Gasteiger partial charge in [-0.05, 0) is 32.4 Å². The molecule has 17 heavy (non-hydrogen) atoms. The lowest BCUT2D eigenvalue weighted by atomic mass is 10.1. The second kappa shape index (κ2) is 5.34. The van der Waals surface area contributed by atoms with Crippen molar-refractivity contribution in [3.05, 3.63) is 28.6 Å². The van der Waals surface area contributed by atoms with Gasteiger partial charge in [-0.2, -0.15) is 0 Å². The zero-order chi connectivity index (χ0) is 13.0. The summed E-state index contributed by atoms with van der Waals surface area (Å²) in [6.45, 7) is 5.65. The van der Waals surface area contributed by atoms with Gasteiger partial charge >= 0.3 is 5.97 Å². The Kier molecular flexibility index (Phi) is 4.09. The number of aryl methyl sites for hydroxylation is 1. The molecule has 0 aromatic carbocycles. The third-order valence-electron chi connectivity index (χ3n) is 2.37. The molecule has 0 saturated carbocycles. The molecule has 5 nitrogen and oxygen atoms in total. The molecule has 0 radical (unpaired) electrons. The number of carbonyl (C=O) groups excluding carboxylic acids is 2. The Morgan fingerprint density at radius 1 is 1.41 bits per heavy atom. The van der Waals surface area contributed by atoms with Crippen LogP contribution in [0.1, 0.15) is 34.2 Å². The van der Waals surface area contributed by atoms with Crippen molar-refractivity contribution in [2.45, 2.75) is 20.8 Å². The number of nitrogens with two attached hydrogens (primary N) is 1. The minimum Gasteiger partial charge on any atom is -0.462 e. The van der Waals surface area contributed by atoms with Crippen molar-refractivity contribution < 1.29 is 14.3 Å². The number of rotatable bonds is 4. The number of hydrogen-bond donors (Lipinski definition) is 2. The van der Waals surface area contributed by atoms with E-state index in [4.69, 9.17) is 10.5 Å².